The fourth-order valence-electron chi connectivity index (χ4n) is 3.27. The number of rotatable bonds is 3. The van der Waals surface area contributed by atoms with Crippen molar-refractivity contribution in [1.82, 2.24) is 10.2 Å². The molecule has 0 spiro atoms. The van der Waals surface area contributed by atoms with E-state index in [0.29, 0.717) is 18.7 Å². The summed E-state index contributed by atoms with van der Waals surface area (Å²) in [5.74, 6) is -0.392. The van der Waals surface area contributed by atoms with Crippen LogP contribution in [-0.4, -0.2) is 41.6 Å². The van der Waals surface area contributed by atoms with E-state index in [-0.39, 0.29) is 29.6 Å². The van der Waals surface area contributed by atoms with Gasteiger partial charge in [0.05, 0.1) is 6.04 Å². The van der Waals surface area contributed by atoms with Gasteiger partial charge in [-0.05, 0) is 45.2 Å². The zero-order chi connectivity index (χ0) is 18.2. The van der Waals surface area contributed by atoms with E-state index in [2.05, 4.69) is 5.32 Å². The van der Waals surface area contributed by atoms with Gasteiger partial charge in [-0.25, -0.2) is 9.18 Å². The third-order valence-electron chi connectivity index (χ3n) is 4.56. The number of alkyl carbamates (subject to hydrolysis) is 1. The van der Waals surface area contributed by atoms with Gasteiger partial charge < -0.3 is 15.0 Å². The maximum Gasteiger partial charge on any atom is 0.407 e. The Balaban J connectivity index is 1.77. The minimum Gasteiger partial charge on any atom is -0.444 e. The summed E-state index contributed by atoms with van der Waals surface area (Å²) in [6.07, 6.45) is 1.30. The molecule has 1 saturated heterocycles. The zero-order valence-corrected chi connectivity index (χ0v) is 14.9. The van der Waals surface area contributed by atoms with Gasteiger partial charge in [0.25, 0.3) is 0 Å². The number of hydrogen-bond acceptors (Lipinski definition) is 3. The Morgan fingerprint density at radius 3 is 2.48 bits per heavy atom. The molecule has 6 heteroatoms. The first-order chi connectivity index (χ1) is 11.7. The molecular formula is C19H25FN2O3. The van der Waals surface area contributed by atoms with Crippen molar-refractivity contribution in [2.75, 3.05) is 13.1 Å². The van der Waals surface area contributed by atoms with Crippen LogP contribution in [0, 0.1) is 11.7 Å². The van der Waals surface area contributed by atoms with Gasteiger partial charge in [-0.1, -0.05) is 18.2 Å². The highest BCUT2D eigenvalue weighted by Crippen LogP contribution is 2.36. The van der Waals surface area contributed by atoms with Gasteiger partial charge >= 0.3 is 6.09 Å². The van der Waals surface area contributed by atoms with Crippen molar-refractivity contribution in [3.8, 4) is 0 Å². The Labute approximate surface area is 147 Å². The monoisotopic (exact) mass is 348 g/mol. The predicted molar refractivity (Wildman–Crippen MR) is 91.6 cm³/mol. The SMILES string of the molecule is CC(C)(C)OC(=O)N[C@@H]1CN(C(=O)C2CC2)C[C@H]1c1ccccc1F. The summed E-state index contributed by atoms with van der Waals surface area (Å²) < 4.78 is 19.6. The molecule has 1 heterocycles. The average Bonchev–Trinajstić information content (AvgIpc) is 3.27. The molecule has 0 radical (unpaired) electrons. The Hall–Kier alpha value is -2.11. The van der Waals surface area contributed by atoms with Crippen LogP contribution in [0.5, 0.6) is 0 Å². The largest absolute Gasteiger partial charge is 0.444 e. The number of ether oxygens (including phenoxy) is 1. The van der Waals surface area contributed by atoms with Gasteiger partial charge in [0, 0.05) is 24.9 Å². The van der Waals surface area contributed by atoms with Crippen LogP contribution < -0.4 is 5.32 Å². The molecule has 3 rings (SSSR count). The first-order valence-corrected chi connectivity index (χ1v) is 8.77. The number of nitrogens with zero attached hydrogens (tertiary/aromatic N) is 1. The number of likely N-dealkylation sites (tertiary alicyclic amines) is 1. The lowest BCUT2D eigenvalue weighted by Crippen LogP contribution is -2.43. The molecule has 0 bridgehead atoms. The number of nitrogens with one attached hydrogen (secondary N) is 1. The summed E-state index contributed by atoms with van der Waals surface area (Å²) in [6.45, 7) is 6.17. The van der Waals surface area contributed by atoms with Crippen molar-refractivity contribution in [3.05, 3.63) is 35.6 Å². The zero-order valence-electron chi connectivity index (χ0n) is 14.9. The second kappa shape index (κ2) is 6.65. The van der Waals surface area contributed by atoms with Gasteiger partial charge in [-0.3, -0.25) is 4.79 Å². The van der Waals surface area contributed by atoms with E-state index >= 15 is 0 Å². The van der Waals surface area contributed by atoms with Crippen LogP contribution in [0.1, 0.15) is 45.1 Å². The van der Waals surface area contributed by atoms with Crippen molar-refractivity contribution in [3.63, 3.8) is 0 Å². The van der Waals surface area contributed by atoms with E-state index in [1.807, 2.05) is 0 Å². The van der Waals surface area contributed by atoms with E-state index < -0.39 is 11.7 Å². The second-order valence-electron chi connectivity index (χ2n) is 7.90. The smallest absolute Gasteiger partial charge is 0.407 e. The topological polar surface area (TPSA) is 58.6 Å². The molecule has 1 aromatic carbocycles. The molecule has 1 N–H and O–H groups in total. The number of amides is 2. The van der Waals surface area contributed by atoms with E-state index in [4.69, 9.17) is 4.74 Å². The fraction of sp³-hybridized carbons (Fsp3) is 0.579. The van der Waals surface area contributed by atoms with Crippen LogP contribution >= 0.6 is 0 Å². The lowest BCUT2D eigenvalue weighted by atomic mass is 9.94. The van der Waals surface area contributed by atoms with E-state index in [9.17, 15) is 14.0 Å². The highest BCUT2D eigenvalue weighted by atomic mass is 19.1. The quantitative estimate of drug-likeness (QED) is 0.913. The number of carbonyl (C=O) groups excluding carboxylic acids is 2. The molecule has 1 aliphatic carbocycles. The van der Waals surface area contributed by atoms with Crippen LogP contribution in [0.3, 0.4) is 0 Å². The summed E-state index contributed by atoms with van der Waals surface area (Å²) in [7, 11) is 0. The summed E-state index contributed by atoms with van der Waals surface area (Å²) in [6, 6.07) is 6.17. The number of halogens is 1. The number of carbonyl (C=O) groups is 2. The van der Waals surface area contributed by atoms with Crippen LogP contribution in [0.25, 0.3) is 0 Å². The Morgan fingerprint density at radius 2 is 1.88 bits per heavy atom. The highest BCUT2D eigenvalue weighted by Gasteiger charge is 2.42. The first kappa shape index (κ1) is 17.7. The van der Waals surface area contributed by atoms with Crippen molar-refractivity contribution in [2.45, 2.75) is 51.2 Å². The minimum absolute atomic E-state index is 0.0987. The van der Waals surface area contributed by atoms with Crippen LogP contribution in [0.2, 0.25) is 0 Å². The molecule has 25 heavy (non-hydrogen) atoms. The molecule has 2 fully saturated rings. The summed E-state index contributed by atoms with van der Waals surface area (Å²) in [5.41, 5.74) is -0.0886. The third-order valence-corrected chi connectivity index (χ3v) is 4.56. The summed E-state index contributed by atoms with van der Waals surface area (Å²) >= 11 is 0. The van der Waals surface area contributed by atoms with Gasteiger partial charge in [0.1, 0.15) is 11.4 Å². The van der Waals surface area contributed by atoms with Crippen LogP contribution in [0.15, 0.2) is 24.3 Å². The average molecular weight is 348 g/mol. The number of benzene rings is 1. The van der Waals surface area contributed by atoms with Gasteiger partial charge in [-0.2, -0.15) is 0 Å². The van der Waals surface area contributed by atoms with E-state index in [1.165, 1.54) is 6.07 Å². The van der Waals surface area contributed by atoms with Gasteiger partial charge in [0.2, 0.25) is 5.91 Å². The van der Waals surface area contributed by atoms with Crippen molar-refractivity contribution >= 4 is 12.0 Å². The normalized spacial score (nSPS) is 23.4. The highest BCUT2D eigenvalue weighted by molar-refractivity contribution is 5.81. The van der Waals surface area contributed by atoms with Crippen molar-refractivity contribution < 1.29 is 18.7 Å². The Morgan fingerprint density at radius 1 is 1.20 bits per heavy atom. The molecule has 2 aliphatic rings. The van der Waals surface area contributed by atoms with Crippen molar-refractivity contribution in [1.29, 1.82) is 0 Å². The standard InChI is InChI=1S/C19H25FN2O3/c1-19(2,3)25-18(24)21-16-11-22(17(23)12-8-9-12)10-14(16)13-6-4-5-7-15(13)20/h4-7,12,14,16H,8-11H2,1-3H3,(H,21,24)/t14-,16+/m0/s1. The minimum atomic E-state index is -0.611. The van der Waals surface area contributed by atoms with Gasteiger partial charge in [0.15, 0.2) is 0 Å². The lowest BCUT2D eigenvalue weighted by Gasteiger charge is -2.24. The molecule has 1 aliphatic heterocycles. The van der Waals surface area contributed by atoms with Gasteiger partial charge in [-0.15, -0.1) is 0 Å². The molecule has 2 atom stereocenters. The maximum atomic E-state index is 14.3. The van der Waals surface area contributed by atoms with Crippen molar-refractivity contribution in [2.24, 2.45) is 5.92 Å². The molecule has 2 amide bonds. The molecule has 0 unspecified atom stereocenters. The lowest BCUT2D eigenvalue weighted by molar-refractivity contribution is -0.131. The molecule has 5 nitrogen and oxygen atoms in total. The second-order valence-corrected chi connectivity index (χ2v) is 7.90. The van der Waals surface area contributed by atoms with Crippen LogP contribution in [0.4, 0.5) is 9.18 Å². The summed E-state index contributed by atoms with van der Waals surface area (Å²) in [5, 5.41) is 2.83. The number of hydrogen-bond donors (Lipinski definition) is 1. The molecule has 0 aromatic heterocycles. The molecule has 1 saturated carbocycles. The maximum absolute atomic E-state index is 14.3. The molecule has 136 valence electrons. The Bertz CT molecular complexity index is 667. The third kappa shape index (κ3) is 4.30. The van der Waals surface area contributed by atoms with Crippen LogP contribution in [-0.2, 0) is 9.53 Å². The first-order valence-electron chi connectivity index (χ1n) is 8.77. The summed E-state index contributed by atoms with van der Waals surface area (Å²) in [4.78, 5) is 26.3. The van der Waals surface area contributed by atoms with E-state index in [0.717, 1.165) is 12.8 Å². The fourth-order valence-corrected chi connectivity index (χ4v) is 3.27. The Kier molecular flexibility index (Phi) is 4.71. The predicted octanol–water partition coefficient (Wildman–Crippen LogP) is 3.05. The van der Waals surface area contributed by atoms with E-state index in [1.54, 1.807) is 43.9 Å². The molecular weight excluding hydrogens is 323 g/mol. The molecule has 1 aromatic rings.